The lowest BCUT2D eigenvalue weighted by Gasteiger charge is -2.21. The zero-order valence-electron chi connectivity index (χ0n) is 13.8. The summed E-state index contributed by atoms with van der Waals surface area (Å²) in [5, 5.41) is 1.03. The standard InChI is InChI=1S/C20H26S/c1-15(17-9-7-6-8-10-17)21-16(2)18-11-13-19(14-12-18)20(3,4)5/h6-16H,1-5H3. The Hall–Kier alpha value is -1.21. The second-order valence-electron chi connectivity index (χ2n) is 6.70. The Kier molecular flexibility index (Phi) is 5.16. The van der Waals surface area contributed by atoms with E-state index < -0.39 is 0 Å². The molecule has 0 fully saturated rings. The van der Waals surface area contributed by atoms with E-state index in [1.165, 1.54) is 16.7 Å². The molecule has 2 unspecified atom stereocenters. The van der Waals surface area contributed by atoms with Gasteiger partial charge in [-0.15, -0.1) is 11.8 Å². The first kappa shape index (κ1) is 16.2. The van der Waals surface area contributed by atoms with Gasteiger partial charge in [0.2, 0.25) is 0 Å². The van der Waals surface area contributed by atoms with Crippen LogP contribution in [0.4, 0.5) is 0 Å². The minimum Gasteiger partial charge on any atom is -0.146 e. The van der Waals surface area contributed by atoms with Crippen LogP contribution >= 0.6 is 11.8 Å². The van der Waals surface area contributed by atoms with Crippen molar-refractivity contribution in [3.63, 3.8) is 0 Å². The van der Waals surface area contributed by atoms with Gasteiger partial charge < -0.3 is 0 Å². The molecule has 0 saturated heterocycles. The fraction of sp³-hybridized carbons (Fsp3) is 0.400. The first-order chi connectivity index (χ1) is 9.88. The van der Waals surface area contributed by atoms with Gasteiger partial charge in [0, 0.05) is 10.5 Å². The molecule has 2 aromatic carbocycles. The molecule has 0 aliphatic carbocycles. The first-order valence-electron chi connectivity index (χ1n) is 7.69. The van der Waals surface area contributed by atoms with Crippen molar-refractivity contribution in [3.8, 4) is 0 Å². The largest absolute Gasteiger partial charge is 0.146 e. The van der Waals surface area contributed by atoms with Gasteiger partial charge in [0.15, 0.2) is 0 Å². The molecule has 0 N–H and O–H groups in total. The highest BCUT2D eigenvalue weighted by atomic mass is 32.2. The van der Waals surface area contributed by atoms with E-state index in [1.54, 1.807) is 0 Å². The van der Waals surface area contributed by atoms with Gasteiger partial charge in [-0.3, -0.25) is 0 Å². The SMILES string of the molecule is CC(SC(C)c1ccc(C(C)(C)C)cc1)c1ccccc1. The number of hydrogen-bond donors (Lipinski definition) is 0. The van der Waals surface area contributed by atoms with Crippen LogP contribution in [-0.4, -0.2) is 0 Å². The second kappa shape index (κ2) is 6.70. The summed E-state index contributed by atoms with van der Waals surface area (Å²) in [5.74, 6) is 0. The predicted octanol–water partition coefficient (Wildman–Crippen LogP) is 6.54. The fourth-order valence-electron chi connectivity index (χ4n) is 2.44. The Bertz CT molecular complexity index is 549. The van der Waals surface area contributed by atoms with Crippen molar-refractivity contribution in [1.82, 2.24) is 0 Å². The molecule has 0 bridgehead atoms. The van der Waals surface area contributed by atoms with Gasteiger partial charge >= 0.3 is 0 Å². The maximum absolute atomic E-state index is 2.30. The number of thioether (sulfide) groups is 1. The molecule has 0 spiro atoms. The van der Waals surface area contributed by atoms with E-state index in [4.69, 9.17) is 0 Å². The van der Waals surface area contributed by atoms with Gasteiger partial charge in [-0.1, -0.05) is 75.4 Å². The smallest absolute Gasteiger partial charge is 0.0275 e. The van der Waals surface area contributed by atoms with Crippen molar-refractivity contribution >= 4 is 11.8 Å². The summed E-state index contributed by atoms with van der Waals surface area (Å²) in [7, 11) is 0. The second-order valence-corrected chi connectivity index (χ2v) is 8.39. The van der Waals surface area contributed by atoms with Crippen LogP contribution in [0, 0.1) is 0 Å². The Morgan fingerprint density at radius 3 is 1.67 bits per heavy atom. The average molecular weight is 298 g/mol. The van der Waals surface area contributed by atoms with Gasteiger partial charge in [0.05, 0.1) is 0 Å². The summed E-state index contributed by atoms with van der Waals surface area (Å²) in [6.45, 7) is 11.4. The van der Waals surface area contributed by atoms with Crippen LogP contribution in [0.2, 0.25) is 0 Å². The predicted molar refractivity (Wildman–Crippen MR) is 96.0 cm³/mol. The molecular formula is C20H26S. The zero-order chi connectivity index (χ0) is 15.5. The molecule has 0 aromatic heterocycles. The van der Waals surface area contributed by atoms with Crippen molar-refractivity contribution in [2.75, 3.05) is 0 Å². The van der Waals surface area contributed by atoms with Gasteiger partial charge in [0.25, 0.3) is 0 Å². The van der Waals surface area contributed by atoms with Crippen LogP contribution in [0.5, 0.6) is 0 Å². The Balaban J connectivity index is 2.05. The fourth-order valence-corrected chi connectivity index (χ4v) is 3.68. The van der Waals surface area contributed by atoms with Gasteiger partial charge in [-0.2, -0.15) is 0 Å². The molecule has 0 aliphatic rings. The van der Waals surface area contributed by atoms with Crippen molar-refractivity contribution in [3.05, 3.63) is 71.3 Å². The molecule has 1 heteroatoms. The maximum Gasteiger partial charge on any atom is 0.0275 e. The monoisotopic (exact) mass is 298 g/mol. The van der Waals surface area contributed by atoms with Crippen LogP contribution in [0.15, 0.2) is 54.6 Å². The molecule has 0 saturated carbocycles. The minimum atomic E-state index is 0.228. The molecule has 112 valence electrons. The van der Waals surface area contributed by atoms with Crippen LogP contribution < -0.4 is 0 Å². The van der Waals surface area contributed by atoms with Crippen LogP contribution in [0.25, 0.3) is 0 Å². The topological polar surface area (TPSA) is 0 Å². The highest BCUT2D eigenvalue weighted by Crippen LogP contribution is 2.40. The molecule has 21 heavy (non-hydrogen) atoms. The first-order valence-corrected chi connectivity index (χ1v) is 8.63. The summed E-state index contributed by atoms with van der Waals surface area (Å²) >= 11 is 2.02. The van der Waals surface area contributed by atoms with E-state index in [1.807, 2.05) is 11.8 Å². The lowest BCUT2D eigenvalue weighted by molar-refractivity contribution is 0.590. The van der Waals surface area contributed by atoms with Crippen LogP contribution in [0.1, 0.15) is 61.8 Å². The van der Waals surface area contributed by atoms with Crippen molar-refractivity contribution < 1.29 is 0 Å². The molecule has 0 aliphatic heterocycles. The minimum absolute atomic E-state index is 0.228. The lowest BCUT2D eigenvalue weighted by atomic mass is 9.86. The van der Waals surface area contributed by atoms with E-state index in [-0.39, 0.29) is 5.41 Å². The van der Waals surface area contributed by atoms with Gasteiger partial charge in [0.1, 0.15) is 0 Å². The van der Waals surface area contributed by atoms with Crippen molar-refractivity contribution in [2.45, 2.75) is 50.5 Å². The summed E-state index contributed by atoms with van der Waals surface area (Å²) in [5.41, 5.74) is 4.45. The van der Waals surface area contributed by atoms with E-state index in [0.717, 1.165) is 0 Å². The van der Waals surface area contributed by atoms with E-state index >= 15 is 0 Å². The summed E-state index contributed by atoms with van der Waals surface area (Å²) in [6, 6.07) is 19.9. The van der Waals surface area contributed by atoms with Crippen LogP contribution in [0.3, 0.4) is 0 Å². The summed E-state index contributed by atoms with van der Waals surface area (Å²) in [6.07, 6.45) is 0. The highest BCUT2D eigenvalue weighted by molar-refractivity contribution is 7.99. The Morgan fingerprint density at radius 1 is 0.714 bits per heavy atom. The third kappa shape index (κ3) is 4.38. The molecule has 0 amide bonds. The molecule has 2 atom stereocenters. The van der Waals surface area contributed by atoms with E-state index in [0.29, 0.717) is 10.5 Å². The number of hydrogen-bond acceptors (Lipinski definition) is 1. The normalized spacial score (nSPS) is 14.7. The Labute approximate surface area is 134 Å². The van der Waals surface area contributed by atoms with Crippen LogP contribution in [-0.2, 0) is 5.41 Å². The van der Waals surface area contributed by atoms with E-state index in [2.05, 4.69) is 89.2 Å². The molecule has 2 rings (SSSR count). The summed E-state index contributed by atoms with van der Waals surface area (Å²) < 4.78 is 0. The highest BCUT2D eigenvalue weighted by Gasteiger charge is 2.16. The van der Waals surface area contributed by atoms with Crippen molar-refractivity contribution in [2.24, 2.45) is 0 Å². The van der Waals surface area contributed by atoms with E-state index in [9.17, 15) is 0 Å². The number of benzene rings is 2. The quantitative estimate of drug-likeness (QED) is 0.617. The van der Waals surface area contributed by atoms with Gasteiger partial charge in [-0.25, -0.2) is 0 Å². The summed E-state index contributed by atoms with van der Waals surface area (Å²) in [4.78, 5) is 0. The number of rotatable bonds is 4. The average Bonchev–Trinajstić information content (AvgIpc) is 2.47. The zero-order valence-corrected chi connectivity index (χ0v) is 14.6. The maximum atomic E-state index is 2.30. The lowest BCUT2D eigenvalue weighted by Crippen LogP contribution is -2.10. The molecule has 2 aromatic rings. The third-order valence-corrected chi connectivity index (χ3v) is 5.28. The molecule has 0 heterocycles. The third-order valence-electron chi connectivity index (χ3n) is 3.92. The van der Waals surface area contributed by atoms with Gasteiger partial charge in [-0.05, 0) is 36.0 Å². The van der Waals surface area contributed by atoms with Crippen molar-refractivity contribution in [1.29, 1.82) is 0 Å². The Morgan fingerprint density at radius 2 is 1.19 bits per heavy atom. The molecule has 0 radical (unpaired) electrons. The molecular weight excluding hydrogens is 272 g/mol. The molecule has 0 nitrogen and oxygen atoms in total.